The maximum atomic E-state index is 12.5. The Morgan fingerprint density at radius 3 is 2.74 bits per heavy atom. The highest BCUT2D eigenvalue weighted by atomic mass is 35.5. The average Bonchev–Trinajstić information content (AvgIpc) is 2.69. The van der Waals surface area contributed by atoms with Gasteiger partial charge in [0.2, 0.25) is 5.91 Å². The maximum Gasteiger partial charge on any atom is 0.352 e. The molecule has 27 heavy (non-hydrogen) atoms. The molecule has 0 bridgehead atoms. The number of carboxylic acid groups (broad SMARTS) is 1. The van der Waals surface area contributed by atoms with Crippen LogP contribution in [0.2, 0.25) is 0 Å². The van der Waals surface area contributed by atoms with Gasteiger partial charge in [0.1, 0.15) is 23.2 Å². The largest absolute Gasteiger partial charge is 0.477 e. The summed E-state index contributed by atoms with van der Waals surface area (Å²) in [5.74, 6) is -1.48. The lowest BCUT2D eigenvalue weighted by Crippen LogP contribution is -2.71. The average molecular weight is 408 g/mol. The first kappa shape index (κ1) is 19.5. The Labute approximate surface area is 165 Å². The first-order valence-corrected chi connectivity index (χ1v) is 9.78. The molecule has 2 amide bonds. The minimum Gasteiger partial charge on any atom is -0.477 e. The van der Waals surface area contributed by atoms with E-state index in [4.69, 9.17) is 17.3 Å². The monoisotopic (exact) mass is 407 g/mol. The van der Waals surface area contributed by atoms with E-state index in [2.05, 4.69) is 5.32 Å². The number of allylic oxidation sites excluding steroid dienone is 2. The van der Waals surface area contributed by atoms with Gasteiger partial charge in [0, 0.05) is 11.6 Å². The summed E-state index contributed by atoms with van der Waals surface area (Å²) in [5.41, 5.74) is 7.05. The Balaban J connectivity index is 1.74. The number of nitrogens with zero attached hydrogens (tertiary/aromatic N) is 1. The van der Waals surface area contributed by atoms with Crippen molar-refractivity contribution in [3.63, 3.8) is 0 Å². The summed E-state index contributed by atoms with van der Waals surface area (Å²) in [7, 11) is 0. The van der Waals surface area contributed by atoms with Crippen LogP contribution in [0.25, 0.3) is 0 Å². The van der Waals surface area contributed by atoms with Gasteiger partial charge in [-0.25, -0.2) is 4.79 Å². The first-order valence-electron chi connectivity index (χ1n) is 8.20. The number of aliphatic carboxylic acids is 1. The fraction of sp³-hybridized carbons (Fsp3) is 0.278. The molecule has 9 heteroatoms. The van der Waals surface area contributed by atoms with Crippen molar-refractivity contribution in [2.45, 2.75) is 17.5 Å². The highest BCUT2D eigenvalue weighted by molar-refractivity contribution is 8.00. The minimum atomic E-state index is -1.19. The molecule has 1 unspecified atom stereocenters. The van der Waals surface area contributed by atoms with Crippen LogP contribution in [-0.2, 0) is 14.4 Å². The van der Waals surface area contributed by atoms with Crippen molar-refractivity contribution in [2.24, 2.45) is 5.73 Å². The van der Waals surface area contributed by atoms with Crippen LogP contribution in [0.4, 0.5) is 0 Å². The molecule has 142 valence electrons. The molecule has 0 spiro atoms. The number of carboxylic acids is 1. The summed E-state index contributed by atoms with van der Waals surface area (Å²) >= 11 is 7.00. The molecule has 3 rings (SSSR count). The van der Waals surface area contributed by atoms with Crippen molar-refractivity contribution < 1.29 is 19.5 Å². The summed E-state index contributed by atoms with van der Waals surface area (Å²) in [5, 5.41) is 11.7. The topological polar surface area (TPSA) is 113 Å². The van der Waals surface area contributed by atoms with E-state index in [1.807, 2.05) is 6.07 Å². The van der Waals surface area contributed by atoms with Gasteiger partial charge in [0.25, 0.3) is 5.91 Å². The zero-order valence-corrected chi connectivity index (χ0v) is 15.7. The van der Waals surface area contributed by atoms with Crippen LogP contribution in [0.1, 0.15) is 11.6 Å². The van der Waals surface area contributed by atoms with Crippen LogP contribution < -0.4 is 11.1 Å². The summed E-state index contributed by atoms with van der Waals surface area (Å²) in [6, 6.07) is 7.12. The Hall–Kier alpha value is -2.29. The Bertz CT molecular complexity index is 827. The number of alkyl halides is 1. The Morgan fingerprint density at radius 2 is 2.11 bits per heavy atom. The number of carbonyl (C=O) groups excluding carboxylic acids is 2. The number of amides is 2. The number of hydrogen-bond acceptors (Lipinski definition) is 5. The van der Waals surface area contributed by atoms with Crippen LogP contribution in [-0.4, -0.2) is 50.8 Å². The molecule has 4 N–H and O–H groups in total. The van der Waals surface area contributed by atoms with Gasteiger partial charge in [-0.2, -0.15) is 0 Å². The van der Waals surface area contributed by atoms with E-state index in [1.165, 1.54) is 16.7 Å². The van der Waals surface area contributed by atoms with Crippen molar-refractivity contribution in [1.29, 1.82) is 0 Å². The smallest absolute Gasteiger partial charge is 0.352 e. The number of rotatable bonds is 6. The molecule has 1 aromatic rings. The fourth-order valence-electron chi connectivity index (χ4n) is 3.01. The van der Waals surface area contributed by atoms with Crippen molar-refractivity contribution >= 4 is 41.1 Å². The number of benzene rings is 1. The second kappa shape index (κ2) is 8.16. The minimum absolute atomic E-state index is 0.0667. The molecule has 0 saturated carbocycles. The molecule has 0 radical (unpaired) electrons. The molecule has 1 fully saturated rings. The van der Waals surface area contributed by atoms with Gasteiger partial charge in [-0.15, -0.1) is 23.4 Å². The summed E-state index contributed by atoms with van der Waals surface area (Å²) < 4.78 is 0. The third-order valence-corrected chi connectivity index (χ3v) is 5.83. The second-order valence-electron chi connectivity index (χ2n) is 6.02. The number of carbonyl (C=O) groups is 3. The molecule has 7 nitrogen and oxygen atoms in total. The molecular weight excluding hydrogens is 390 g/mol. The molecular formula is C18H18ClN3O4S. The van der Waals surface area contributed by atoms with Crippen LogP contribution in [0.3, 0.4) is 0 Å². The van der Waals surface area contributed by atoms with E-state index >= 15 is 0 Å². The highest BCUT2D eigenvalue weighted by Crippen LogP contribution is 2.40. The molecule has 2 aliphatic heterocycles. The van der Waals surface area contributed by atoms with Crippen molar-refractivity contribution in [3.05, 3.63) is 59.3 Å². The summed E-state index contributed by atoms with van der Waals surface area (Å²) in [6.07, 6.45) is 3.24. The Morgan fingerprint density at radius 1 is 1.41 bits per heavy atom. The summed E-state index contributed by atoms with van der Waals surface area (Å²) in [4.78, 5) is 37.8. The lowest BCUT2D eigenvalue weighted by molar-refractivity contribution is -0.150. The molecule has 1 saturated heterocycles. The van der Waals surface area contributed by atoms with Crippen LogP contribution >= 0.6 is 23.4 Å². The number of halogens is 1. The van der Waals surface area contributed by atoms with Gasteiger partial charge in [-0.05, 0) is 11.1 Å². The molecule has 1 aromatic carbocycles. The van der Waals surface area contributed by atoms with E-state index in [-0.39, 0.29) is 11.6 Å². The quantitative estimate of drug-likeness (QED) is 0.482. The SMILES string of the molecule is NC(C(=O)N[C@@H]1C(=O)N2C(C(=O)O)=C(/C=C\CCl)CS[C@H]12)c1ccccc1. The standard InChI is InChI=1S/C18H18ClN3O4S/c19-8-4-7-11-9-27-17-13(16(24)22(17)14(11)18(25)26)21-15(23)12(20)10-5-2-1-3-6-10/h1-7,12-13,17H,8-9,20H2,(H,21,23)(H,25,26)/b7-4-/t12?,13-,17-/m1/s1. The summed E-state index contributed by atoms with van der Waals surface area (Å²) in [6.45, 7) is 0. The van der Waals surface area contributed by atoms with Gasteiger partial charge in [-0.3, -0.25) is 14.5 Å². The third-order valence-electron chi connectivity index (χ3n) is 4.35. The van der Waals surface area contributed by atoms with E-state index in [0.717, 1.165) is 0 Å². The Kier molecular flexibility index (Phi) is 5.88. The zero-order chi connectivity index (χ0) is 19.6. The van der Waals surface area contributed by atoms with Crippen LogP contribution in [0, 0.1) is 0 Å². The normalized spacial score (nSPS) is 23.0. The van der Waals surface area contributed by atoms with Gasteiger partial charge < -0.3 is 16.2 Å². The molecule has 2 heterocycles. The number of hydrogen-bond donors (Lipinski definition) is 3. The van der Waals surface area contributed by atoms with E-state index in [1.54, 1.807) is 36.4 Å². The van der Waals surface area contributed by atoms with Gasteiger partial charge >= 0.3 is 5.97 Å². The van der Waals surface area contributed by atoms with Crippen molar-refractivity contribution in [3.8, 4) is 0 Å². The molecule has 3 atom stereocenters. The van der Waals surface area contributed by atoms with E-state index < -0.39 is 35.2 Å². The maximum absolute atomic E-state index is 12.5. The number of nitrogens with one attached hydrogen (secondary N) is 1. The number of nitrogens with two attached hydrogens (primary N) is 1. The number of fused-ring (bicyclic) bond motifs is 1. The fourth-order valence-corrected chi connectivity index (χ4v) is 4.42. The third kappa shape index (κ3) is 3.73. The van der Waals surface area contributed by atoms with Crippen LogP contribution in [0.15, 0.2) is 53.8 Å². The van der Waals surface area contributed by atoms with Gasteiger partial charge in [0.15, 0.2) is 0 Å². The van der Waals surface area contributed by atoms with Gasteiger partial charge in [-0.1, -0.05) is 42.5 Å². The zero-order valence-electron chi connectivity index (χ0n) is 14.2. The van der Waals surface area contributed by atoms with E-state index in [0.29, 0.717) is 16.9 Å². The molecule has 0 aliphatic carbocycles. The van der Waals surface area contributed by atoms with E-state index in [9.17, 15) is 19.5 Å². The van der Waals surface area contributed by atoms with Gasteiger partial charge in [0.05, 0.1) is 0 Å². The van der Waals surface area contributed by atoms with Crippen molar-refractivity contribution in [2.75, 3.05) is 11.6 Å². The number of β-lactam (4-membered cyclic amide) rings is 1. The predicted molar refractivity (Wildman–Crippen MR) is 103 cm³/mol. The number of thioether (sulfide) groups is 1. The van der Waals surface area contributed by atoms with Crippen molar-refractivity contribution in [1.82, 2.24) is 10.2 Å². The predicted octanol–water partition coefficient (Wildman–Crippen LogP) is 1.22. The highest BCUT2D eigenvalue weighted by Gasteiger charge is 2.54. The lowest BCUT2D eigenvalue weighted by atomic mass is 10.0. The first-order chi connectivity index (χ1) is 13.0. The van der Waals surface area contributed by atoms with Crippen LogP contribution in [0.5, 0.6) is 0 Å². The molecule has 2 aliphatic rings. The molecule has 0 aromatic heterocycles. The second-order valence-corrected chi connectivity index (χ2v) is 7.43. The lowest BCUT2D eigenvalue weighted by Gasteiger charge is -2.49.